The molecule has 0 radical (unpaired) electrons. The van der Waals surface area contributed by atoms with Crippen molar-refractivity contribution in [2.45, 2.75) is 25.4 Å². The number of rotatable bonds is 2. The van der Waals surface area contributed by atoms with E-state index in [2.05, 4.69) is 30.3 Å². The largest absolute Gasteiger partial charge is 0.388 e. The fourth-order valence-electron chi connectivity index (χ4n) is 3.58. The monoisotopic (exact) mass is 254 g/mol. The van der Waals surface area contributed by atoms with Crippen LogP contribution in [0.5, 0.6) is 0 Å². The number of aliphatic hydroxyl groups excluding tert-OH is 1. The molecule has 1 N–H and O–H groups in total. The molecule has 2 atom stereocenters. The first-order chi connectivity index (χ1) is 9.34. The molecule has 2 aliphatic rings. The summed E-state index contributed by atoms with van der Waals surface area (Å²) in [5.74, 6) is 0.249. The second kappa shape index (κ2) is 4.32. The average Bonchev–Trinajstić information content (AvgIpc) is 3.09. The maximum absolute atomic E-state index is 10.6. The molecule has 4 rings (SSSR count). The Kier molecular flexibility index (Phi) is 2.61. The molecule has 2 nitrogen and oxygen atoms in total. The Hall–Kier alpha value is -1.38. The van der Waals surface area contributed by atoms with Gasteiger partial charge >= 0.3 is 0 Å². The van der Waals surface area contributed by atoms with Crippen molar-refractivity contribution in [2.75, 3.05) is 13.2 Å². The molecular formula is C17H18O2. The van der Waals surface area contributed by atoms with Crippen molar-refractivity contribution >= 4 is 10.8 Å². The molecule has 98 valence electrons. The summed E-state index contributed by atoms with van der Waals surface area (Å²) in [5.41, 5.74) is 3.95. The van der Waals surface area contributed by atoms with E-state index < -0.39 is 6.10 Å². The van der Waals surface area contributed by atoms with Crippen molar-refractivity contribution in [2.24, 2.45) is 5.92 Å². The van der Waals surface area contributed by atoms with Gasteiger partial charge in [0.25, 0.3) is 0 Å². The molecule has 1 aliphatic heterocycles. The van der Waals surface area contributed by atoms with Crippen LogP contribution < -0.4 is 0 Å². The number of hydrogen-bond donors (Lipinski definition) is 1. The summed E-state index contributed by atoms with van der Waals surface area (Å²) in [5, 5.41) is 13.3. The minimum absolute atomic E-state index is 0.249. The molecule has 1 aliphatic carbocycles. The van der Waals surface area contributed by atoms with E-state index in [1.807, 2.05) is 0 Å². The van der Waals surface area contributed by atoms with E-state index in [1.165, 1.54) is 21.9 Å². The van der Waals surface area contributed by atoms with E-state index >= 15 is 0 Å². The highest BCUT2D eigenvalue weighted by Crippen LogP contribution is 2.38. The zero-order valence-electron chi connectivity index (χ0n) is 10.9. The highest BCUT2D eigenvalue weighted by atomic mass is 16.5. The van der Waals surface area contributed by atoms with Gasteiger partial charge in [0.15, 0.2) is 0 Å². The summed E-state index contributed by atoms with van der Waals surface area (Å²) in [4.78, 5) is 0. The highest BCUT2D eigenvalue weighted by molar-refractivity contribution is 5.93. The Bertz CT molecular complexity index is 616. The summed E-state index contributed by atoms with van der Waals surface area (Å²) in [6, 6.07) is 10.8. The van der Waals surface area contributed by atoms with Gasteiger partial charge in [-0.2, -0.15) is 0 Å². The van der Waals surface area contributed by atoms with E-state index in [9.17, 15) is 5.11 Å². The van der Waals surface area contributed by atoms with E-state index in [0.29, 0.717) is 6.61 Å². The van der Waals surface area contributed by atoms with Gasteiger partial charge in [0, 0.05) is 12.5 Å². The lowest BCUT2D eigenvalue weighted by Gasteiger charge is -2.19. The van der Waals surface area contributed by atoms with Gasteiger partial charge in [0.2, 0.25) is 0 Å². The SMILES string of the molecule is OC(c1ccc2c3c(cccc13)CC2)C1CCOC1. The molecule has 2 unspecified atom stereocenters. The van der Waals surface area contributed by atoms with Gasteiger partial charge in [-0.3, -0.25) is 0 Å². The average molecular weight is 254 g/mol. The van der Waals surface area contributed by atoms with E-state index in [-0.39, 0.29) is 5.92 Å². The van der Waals surface area contributed by atoms with Crippen molar-refractivity contribution in [1.82, 2.24) is 0 Å². The lowest BCUT2D eigenvalue weighted by molar-refractivity contribution is 0.0929. The molecule has 19 heavy (non-hydrogen) atoms. The number of benzene rings is 2. The second-order valence-electron chi connectivity index (χ2n) is 5.72. The van der Waals surface area contributed by atoms with Crippen LogP contribution >= 0.6 is 0 Å². The molecule has 0 saturated carbocycles. The summed E-state index contributed by atoms with van der Waals surface area (Å²) < 4.78 is 5.41. The standard InChI is InChI=1S/C17H18O2/c18-17(13-8-9-19-10-13)15-7-6-12-5-4-11-2-1-3-14(15)16(11)12/h1-3,6-7,13,17-18H,4-5,8-10H2. The lowest BCUT2D eigenvalue weighted by atomic mass is 9.90. The fraction of sp³-hybridized carbons (Fsp3) is 0.412. The van der Waals surface area contributed by atoms with E-state index in [0.717, 1.165) is 31.4 Å². The normalized spacial score (nSPS) is 23.1. The number of ether oxygens (including phenoxy) is 1. The molecule has 1 fully saturated rings. The quantitative estimate of drug-likeness (QED) is 0.892. The number of aryl methyl sites for hydroxylation is 2. The number of hydrogen-bond acceptors (Lipinski definition) is 2. The third-order valence-corrected chi connectivity index (χ3v) is 4.64. The summed E-state index contributed by atoms with van der Waals surface area (Å²) in [7, 11) is 0. The van der Waals surface area contributed by atoms with Crippen molar-refractivity contribution in [3.05, 3.63) is 47.0 Å². The molecule has 1 saturated heterocycles. The predicted octanol–water partition coefficient (Wildman–Crippen LogP) is 3.01. The molecule has 2 aromatic carbocycles. The third-order valence-electron chi connectivity index (χ3n) is 4.64. The zero-order valence-corrected chi connectivity index (χ0v) is 10.9. The Morgan fingerprint density at radius 1 is 1.11 bits per heavy atom. The summed E-state index contributed by atoms with van der Waals surface area (Å²) >= 11 is 0. The van der Waals surface area contributed by atoms with Crippen LogP contribution in [0.25, 0.3) is 10.8 Å². The maximum atomic E-state index is 10.6. The zero-order chi connectivity index (χ0) is 12.8. The van der Waals surface area contributed by atoms with Gasteiger partial charge in [-0.15, -0.1) is 0 Å². The summed E-state index contributed by atoms with van der Waals surface area (Å²) in [6.07, 6.45) is 2.84. The third kappa shape index (κ3) is 1.71. The minimum atomic E-state index is -0.396. The first kappa shape index (κ1) is 11.4. The Morgan fingerprint density at radius 3 is 2.74 bits per heavy atom. The molecule has 2 heteroatoms. The molecule has 0 bridgehead atoms. The highest BCUT2D eigenvalue weighted by Gasteiger charge is 2.27. The van der Waals surface area contributed by atoms with Gasteiger partial charge in [0.1, 0.15) is 0 Å². The van der Waals surface area contributed by atoms with Gasteiger partial charge < -0.3 is 9.84 Å². The molecule has 0 spiro atoms. The van der Waals surface area contributed by atoms with Crippen LogP contribution in [0.4, 0.5) is 0 Å². The van der Waals surface area contributed by atoms with Crippen molar-refractivity contribution in [3.8, 4) is 0 Å². The van der Waals surface area contributed by atoms with Crippen LogP contribution in [0.3, 0.4) is 0 Å². The van der Waals surface area contributed by atoms with Crippen LogP contribution in [0.2, 0.25) is 0 Å². The van der Waals surface area contributed by atoms with Crippen LogP contribution in [0.15, 0.2) is 30.3 Å². The van der Waals surface area contributed by atoms with Crippen LogP contribution in [-0.4, -0.2) is 18.3 Å². The van der Waals surface area contributed by atoms with E-state index in [4.69, 9.17) is 4.74 Å². The van der Waals surface area contributed by atoms with Gasteiger partial charge in [-0.25, -0.2) is 0 Å². The van der Waals surface area contributed by atoms with Crippen LogP contribution in [-0.2, 0) is 17.6 Å². The van der Waals surface area contributed by atoms with Gasteiger partial charge in [-0.05, 0) is 46.7 Å². The van der Waals surface area contributed by atoms with Crippen molar-refractivity contribution < 1.29 is 9.84 Å². The maximum Gasteiger partial charge on any atom is 0.0847 e. The van der Waals surface area contributed by atoms with Gasteiger partial charge in [-0.1, -0.05) is 30.3 Å². The van der Waals surface area contributed by atoms with Gasteiger partial charge in [0.05, 0.1) is 12.7 Å². The molecule has 2 aromatic rings. The van der Waals surface area contributed by atoms with Crippen molar-refractivity contribution in [3.63, 3.8) is 0 Å². The molecule has 0 aromatic heterocycles. The smallest absolute Gasteiger partial charge is 0.0847 e. The second-order valence-corrected chi connectivity index (χ2v) is 5.72. The minimum Gasteiger partial charge on any atom is -0.388 e. The Labute approximate surface area is 113 Å². The Balaban J connectivity index is 1.87. The fourth-order valence-corrected chi connectivity index (χ4v) is 3.58. The van der Waals surface area contributed by atoms with Crippen LogP contribution in [0, 0.1) is 5.92 Å². The molecule has 1 heterocycles. The van der Waals surface area contributed by atoms with Crippen molar-refractivity contribution in [1.29, 1.82) is 0 Å². The first-order valence-corrected chi connectivity index (χ1v) is 7.14. The number of aliphatic hydroxyl groups is 1. The van der Waals surface area contributed by atoms with Crippen LogP contribution in [0.1, 0.15) is 29.2 Å². The van der Waals surface area contributed by atoms with E-state index in [1.54, 1.807) is 0 Å². The predicted molar refractivity (Wildman–Crippen MR) is 75.2 cm³/mol. The molecule has 0 amide bonds. The Morgan fingerprint density at radius 2 is 1.95 bits per heavy atom. The molecular weight excluding hydrogens is 236 g/mol. The topological polar surface area (TPSA) is 29.5 Å². The summed E-state index contributed by atoms with van der Waals surface area (Å²) in [6.45, 7) is 1.47. The lowest BCUT2D eigenvalue weighted by Crippen LogP contribution is -2.13. The first-order valence-electron chi connectivity index (χ1n) is 7.14.